The number of hydrogen-bond acceptors (Lipinski definition) is 12. The van der Waals surface area contributed by atoms with E-state index in [1.165, 1.54) is 67.7 Å². The minimum Gasteiger partial charge on any atom is -0.497 e. The molecule has 2 saturated heterocycles. The topological polar surface area (TPSA) is 125 Å². The van der Waals surface area contributed by atoms with E-state index in [4.69, 9.17) is 37.7 Å². The largest absolute Gasteiger partial charge is 0.497 e. The Hall–Kier alpha value is -4.40. The lowest BCUT2D eigenvalue weighted by Gasteiger charge is -2.33. The minimum atomic E-state index is -3.71. The highest BCUT2D eigenvalue weighted by Crippen LogP contribution is 2.31. The maximum absolute atomic E-state index is 13.5. The van der Waals surface area contributed by atoms with E-state index in [-0.39, 0.29) is 9.79 Å². The van der Waals surface area contributed by atoms with Crippen LogP contribution in [0.5, 0.6) is 11.5 Å². The molecule has 62 heavy (non-hydrogen) atoms. The fourth-order valence-electron chi connectivity index (χ4n) is 6.89. The molecule has 0 unspecified atom stereocenters. The average Bonchev–Trinajstić information content (AvgIpc) is 3.95. The zero-order valence-corrected chi connectivity index (χ0v) is 38.4. The molecule has 2 aliphatic rings. The van der Waals surface area contributed by atoms with Gasteiger partial charge >= 0.3 is 0 Å². The zero-order valence-electron chi connectivity index (χ0n) is 33.6. The predicted molar refractivity (Wildman–Crippen MR) is 241 cm³/mol. The molecule has 6 aromatic rings. The van der Waals surface area contributed by atoms with Gasteiger partial charge in [-0.1, -0.05) is 47.5 Å². The molecular weight excluding hydrogens is 922 g/mol. The number of nitrogens with zero attached hydrogens (tertiary/aromatic N) is 6. The van der Waals surface area contributed by atoms with E-state index in [1.807, 2.05) is 35.0 Å². The standard InChI is InChI=1S/C22H24FN3O4S2.C20H18Cl2FN3O2S2/c1-29-19-7-6-16(21(14-19)30-2)12-18-15-31-22(24-18)25-8-10-26(11-9-25)32(27,28)20-5-3-4-17(23)13-20;21-15-5-4-14(19(22)11-15)10-17-13-29-20(24-17)25-6-8-26(9-7-25)30(27,28)18-3-1-2-16(23)12-18/h3-7,13-15H,8-12H2,1-2H3;1-5,11-13H,6-10H2. The summed E-state index contributed by atoms with van der Waals surface area (Å²) in [4.78, 5) is 13.5. The van der Waals surface area contributed by atoms with Crippen molar-refractivity contribution in [2.45, 2.75) is 22.6 Å². The van der Waals surface area contributed by atoms with Gasteiger partial charge in [0.05, 0.1) is 35.4 Å². The van der Waals surface area contributed by atoms with Crippen molar-refractivity contribution in [2.75, 3.05) is 76.4 Å². The van der Waals surface area contributed by atoms with Gasteiger partial charge in [-0.15, -0.1) is 22.7 Å². The molecule has 20 heteroatoms. The van der Waals surface area contributed by atoms with E-state index in [1.54, 1.807) is 26.4 Å². The van der Waals surface area contributed by atoms with Crippen LogP contribution in [0.2, 0.25) is 10.0 Å². The Morgan fingerprint density at radius 3 is 1.55 bits per heavy atom. The number of aromatic nitrogens is 2. The second kappa shape index (κ2) is 20.0. The molecule has 2 fully saturated rings. The molecule has 8 rings (SSSR count). The van der Waals surface area contributed by atoms with Crippen LogP contribution in [0.15, 0.2) is 105 Å². The first-order valence-electron chi connectivity index (χ1n) is 19.3. The van der Waals surface area contributed by atoms with Crippen LogP contribution in [-0.4, -0.2) is 102 Å². The lowest BCUT2D eigenvalue weighted by molar-refractivity contribution is 0.384. The molecule has 12 nitrogen and oxygen atoms in total. The van der Waals surface area contributed by atoms with Crippen molar-refractivity contribution in [1.82, 2.24) is 18.6 Å². The van der Waals surface area contributed by atoms with Gasteiger partial charge in [0, 0.05) is 97.6 Å². The van der Waals surface area contributed by atoms with Crippen LogP contribution < -0.4 is 19.3 Å². The van der Waals surface area contributed by atoms with Gasteiger partial charge in [0.15, 0.2) is 10.3 Å². The number of anilines is 2. The smallest absolute Gasteiger partial charge is 0.243 e. The third kappa shape index (κ3) is 10.8. The van der Waals surface area contributed by atoms with Gasteiger partial charge in [0.2, 0.25) is 20.0 Å². The average molecular weight is 964 g/mol. The Balaban J connectivity index is 0.000000187. The molecule has 0 N–H and O–H groups in total. The Bertz CT molecular complexity index is 2730. The summed E-state index contributed by atoms with van der Waals surface area (Å²) in [5.41, 5.74) is 3.78. The third-order valence-electron chi connectivity index (χ3n) is 10.2. The number of halogens is 4. The van der Waals surface area contributed by atoms with Crippen LogP contribution in [0.25, 0.3) is 0 Å². The number of rotatable bonds is 12. The van der Waals surface area contributed by atoms with Crippen molar-refractivity contribution in [3.8, 4) is 11.5 Å². The molecular formula is C42H42Cl2F2N6O6S4. The summed E-state index contributed by atoms with van der Waals surface area (Å²) in [6.45, 7) is 3.35. The highest BCUT2D eigenvalue weighted by atomic mass is 35.5. The number of piperazine rings is 2. The first-order chi connectivity index (χ1) is 29.7. The second-order valence-electron chi connectivity index (χ2n) is 14.2. The van der Waals surface area contributed by atoms with Crippen LogP contribution in [0.3, 0.4) is 0 Å². The minimum absolute atomic E-state index is 0.0177. The van der Waals surface area contributed by atoms with Gasteiger partial charge in [0.25, 0.3) is 0 Å². The first kappa shape index (κ1) is 45.6. The highest BCUT2D eigenvalue weighted by Gasteiger charge is 2.31. The van der Waals surface area contributed by atoms with Crippen LogP contribution in [-0.2, 0) is 32.9 Å². The summed E-state index contributed by atoms with van der Waals surface area (Å²) in [5, 5.41) is 6.89. The molecule has 4 heterocycles. The summed E-state index contributed by atoms with van der Waals surface area (Å²) < 4.78 is 91.5. The van der Waals surface area contributed by atoms with Crippen molar-refractivity contribution in [3.63, 3.8) is 0 Å². The maximum Gasteiger partial charge on any atom is 0.243 e. The van der Waals surface area contributed by atoms with Gasteiger partial charge in [-0.05, 0) is 60.2 Å². The molecule has 2 aromatic heterocycles. The van der Waals surface area contributed by atoms with Crippen molar-refractivity contribution in [3.05, 3.63) is 140 Å². The Morgan fingerprint density at radius 1 is 0.613 bits per heavy atom. The Morgan fingerprint density at radius 2 is 1.10 bits per heavy atom. The highest BCUT2D eigenvalue weighted by molar-refractivity contribution is 7.89. The third-order valence-corrected chi connectivity index (χ3v) is 16.5. The molecule has 0 amide bonds. The molecule has 0 saturated carbocycles. The number of methoxy groups -OCH3 is 2. The van der Waals surface area contributed by atoms with Gasteiger partial charge in [0.1, 0.15) is 23.1 Å². The van der Waals surface area contributed by atoms with E-state index >= 15 is 0 Å². The van der Waals surface area contributed by atoms with Crippen molar-refractivity contribution in [1.29, 1.82) is 0 Å². The van der Waals surface area contributed by atoms with Crippen LogP contribution >= 0.6 is 45.9 Å². The molecule has 0 atom stereocenters. The van der Waals surface area contributed by atoms with Crippen molar-refractivity contribution in [2.24, 2.45) is 0 Å². The number of benzene rings is 4. The Kier molecular flexibility index (Phi) is 14.7. The van der Waals surface area contributed by atoms with Gasteiger partial charge in [-0.25, -0.2) is 35.6 Å². The summed E-state index contributed by atoms with van der Waals surface area (Å²) in [7, 11) is -4.18. The maximum atomic E-state index is 13.5. The predicted octanol–water partition coefficient (Wildman–Crippen LogP) is 8.09. The van der Waals surface area contributed by atoms with E-state index in [2.05, 4.69) is 14.8 Å². The molecule has 328 valence electrons. The number of thiazole rings is 2. The van der Waals surface area contributed by atoms with E-state index < -0.39 is 31.7 Å². The van der Waals surface area contributed by atoms with Crippen molar-refractivity contribution >= 4 is 76.2 Å². The fourth-order valence-corrected chi connectivity index (χ4v) is 12.0. The molecule has 0 bridgehead atoms. The SMILES string of the molecule is COc1ccc(Cc2csc(N3CCN(S(=O)(=O)c4cccc(F)c4)CC3)n2)c(OC)c1.O=S(=O)(c1cccc(F)c1)N1CCN(c2nc(Cc3ccc(Cl)cc3Cl)cs2)CC1. The normalized spacial score (nSPS) is 15.3. The summed E-state index contributed by atoms with van der Waals surface area (Å²) >= 11 is 15.2. The van der Waals surface area contributed by atoms with E-state index in [0.717, 1.165) is 56.4 Å². The zero-order chi connectivity index (χ0) is 44.0. The van der Waals surface area contributed by atoms with E-state index in [0.29, 0.717) is 75.2 Å². The monoisotopic (exact) mass is 962 g/mol. The lowest BCUT2D eigenvalue weighted by atomic mass is 10.1. The Labute approximate surface area is 378 Å². The molecule has 2 aliphatic heterocycles. The second-order valence-corrected chi connectivity index (χ2v) is 20.6. The fraction of sp³-hybridized carbons (Fsp3) is 0.286. The molecule has 0 aliphatic carbocycles. The molecule has 0 spiro atoms. The lowest BCUT2D eigenvalue weighted by Crippen LogP contribution is -2.48. The van der Waals surface area contributed by atoms with Crippen LogP contribution in [0.1, 0.15) is 22.5 Å². The molecule has 0 radical (unpaired) electrons. The van der Waals surface area contributed by atoms with Crippen LogP contribution in [0.4, 0.5) is 19.0 Å². The number of ether oxygens (including phenoxy) is 2. The van der Waals surface area contributed by atoms with Crippen LogP contribution in [0, 0.1) is 11.6 Å². The summed E-state index contributed by atoms with van der Waals surface area (Å²) in [6, 6.07) is 21.3. The quantitative estimate of drug-likeness (QED) is 0.119. The van der Waals surface area contributed by atoms with Crippen molar-refractivity contribution < 1.29 is 35.1 Å². The number of sulfonamides is 2. The number of hydrogen-bond donors (Lipinski definition) is 0. The van der Waals surface area contributed by atoms with Gasteiger partial charge in [-0.2, -0.15) is 8.61 Å². The van der Waals surface area contributed by atoms with Gasteiger partial charge in [-0.3, -0.25) is 0 Å². The summed E-state index contributed by atoms with van der Waals surface area (Å²) in [5.74, 6) is 0.352. The van der Waals surface area contributed by atoms with E-state index in [9.17, 15) is 25.6 Å². The first-order valence-corrected chi connectivity index (χ1v) is 24.7. The van der Waals surface area contributed by atoms with Gasteiger partial charge < -0.3 is 19.3 Å². The summed E-state index contributed by atoms with van der Waals surface area (Å²) in [6.07, 6.45) is 1.22. The molecule has 4 aromatic carbocycles.